The molecule has 0 amide bonds. The number of carboxylic acids is 1. The van der Waals surface area contributed by atoms with Crippen molar-refractivity contribution < 1.29 is 14.6 Å². The summed E-state index contributed by atoms with van der Waals surface area (Å²) < 4.78 is 5.45. The third-order valence-corrected chi connectivity index (χ3v) is 3.30. The zero-order valence-electron chi connectivity index (χ0n) is 10.8. The van der Waals surface area contributed by atoms with Crippen LogP contribution in [0.25, 0.3) is 0 Å². The average Bonchev–Trinajstić information content (AvgIpc) is 2.79. The third kappa shape index (κ3) is 3.01. The van der Waals surface area contributed by atoms with E-state index in [0.717, 1.165) is 12.1 Å². The van der Waals surface area contributed by atoms with Crippen LogP contribution in [0.15, 0.2) is 18.2 Å². The second kappa shape index (κ2) is 5.40. The fraction of sp³-hybridized carbons (Fsp3) is 0.500. The second-order valence-electron chi connectivity index (χ2n) is 4.86. The van der Waals surface area contributed by atoms with Gasteiger partial charge in [0.05, 0.1) is 6.10 Å². The lowest BCUT2D eigenvalue weighted by molar-refractivity contribution is -0.149. The summed E-state index contributed by atoms with van der Waals surface area (Å²) in [7, 11) is 0. The highest BCUT2D eigenvalue weighted by Crippen LogP contribution is 2.22. The maximum atomic E-state index is 10.8. The number of rotatable bonds is 4. The summed E-state index contributed by atoms with van der Waals surface area (Å²) in [4.78, 5) is 10.8. The van der Waals surface area contributed by atoms with Crippen molar-refractivity contribution in [2.75, 3.05) is 11.9 Å². The van der Waals surface area contributed by atoms with Crippen molar-refractivity contribution in [2.45, 2.75) is 38.9 Å². The molecule has 0 aromatic heterocycles. The minimum atomic E-state index is -0.857. The Hall–Kier alpha value is -1.55. The molecule has 2 unspecified atom stereocenters. The van der Waals surface area contributed by atoms with Crippen LogP contribution in [-0.2, 0) is 9.53 Å². The lowest BCUT2D eigenvalue weighted by atomic mass is 10.1. The summed E-state index contributed by atoms with van der Waals surface area (Å²) in [5, 5.41) is 12.2. The van der Waals surface area contributed by atoms with Gasteiger partial charge < -0.3 is 15.2 Å². The van der Waals surface area contributed by atoms with Gasteiger partial charge in [-0.05, 0) is 43.9 Å². The van der Waals surface area contributed by atoms with Crippen LogP contribution in [-0.4, -0.2) is 29.8 Å². The molecule has 1 aliphatic rings. The Morgan fingerprint density at radius 1 is 1.44 bits per heavy atom. The number of nitrogens with one attached hydrogen (secondary N) is 1. The molecule has 1 aromatic rings. The first-order valence-corrected chi connectivity index (χ1v) is 6.25. The number of hydrogen-bond donors (Lipinski definition) is 2. The van der Waals surface area contributed by atoms with E-state index in [9.17, 15) is 4.79 Å². The van der Waals surface area contributed by atoms with Gasteiger partial charge in [0.15, 0.2) is 6.10 Å². The predicted octanol–water partition coefficient (Wildman–Crippen LogP) is 2.35. The Morgan fingerprint density at radius 3 is 2.89 bits per heavy atom. The summed E-state index contributed by atoms with van der Waals surface area (Å²) in [5.74, 6) is -0.857. The van der Waals surface area contributed by atoms with Gasteiger partial charge in [-0.25, -0.2) is 4.79 Å². The van der Waals surface area contributed by atoms with E-state index in [1.54, 1.807) is 0 Å². The minimum Gasteiger partial charge on any atom is -0.479 e. The topological polar surface area (TPSA) is 58.6 Å². The molecular formula is C14H19NO3. The van der Waals surface area contributed by atoms with Crippen LogP contribution in [0.5, 0.6) is 0 Å². The van der Waals surface area contributed by atoms with E-state index < -0.39 is 12.1 Å². The Bertz CT molecular complexity index is 445. The summed E-state index contributed by atoms with van der Waals surface area (Å²) in [6.07, 6.45) is 0.768. The van der Waals surface area contributed by atoms with Gasteiger partial charge in [-0.15, -0.1) is 0 Å². The van der Waals surface area contributed by atoms with E-state index in [-0.39, 0.29) is 6.10 Å². The van der Waals surface area contributed by atoms with Gasteiger partial charge in [0.25, 0.3) is 0 Å². The largest absolute Gasteiger partial charge is 0.479 e. The molecule has 0 bridgehead atoms. The summed E-state index contributed by atoms with van der Waals surface area (Å²) in [5.41, 5.74) is 3.49. The summed E-state index contributed by atoms with van der Waals surface area (Å²) >= 11 is 0. The van der Waals surface area contributed by atoms with Gasteiger partial charge in [-0.2, -0.15) is 0 Å². The van der Waals surface area contributed by atoms with Crippen molar-refractivity contribution >= 4 is 11.7 Å². The minimum absolute atomic E-state index is 0.00832. The maximum Gasteiger partial charge on any atom is 0.332 e. The molecule has 0 aliphatic carbocycles. The smallest absolute Gasteiger partial charge is 0.332 e. The fourth-order valence-corrected chi connectivity index (χ4v) is 2.19. The van der Waals surface area contributed by atoms with E-state index in [4.69, 9.17) is 9.84 Å². The molecule has 1 fully saturated rings. The molecule has 1 aliphatic heterocycles. The highest BCUT2D eigenvalue weighted by molar-refractivity contribution is 5.72. The van der Waals surface area contributed by atoms with Crippen LogP contribution in [0.4, 0.5) is 5.69 Å². The van der Waals surface area contributed by atoms with E-state index in [2.05, 4.69) is 37.4 Å². The lowest BCUT2D eigenvalue weighted by Crippen LogP contribution is -2.24. The monoisotopic (exact) mass is 249 g/mol. The van der Waals surface area contributed by atoms with E-state index in [0.29, 0.717) is 13.0 Å². The number of anilines is 1. The first-order valence-electron chi connectivity index (χ1n) is 6.25. The van der Waals surface area contributed by atoms with Crippen LogP contribution in [0.1, 0.15) is 24.0 Å². The molecule has 4 nitrogen and oxygen atoms in total. The first-order chi connectivity index (χ1) is 8.56. The van der Waals surface area contributed by atoms with Crippen LogP contribution >= 0.6 is 0 Å². The van der Waals surface area contributed by atoms with E-state index in [1.165, 1.54) is 11.1 Å². The van der Waals surface area contributed by atoms with Crippen molar-refractivity contribution in [2.24, 2.45) is 0 Å². The third-order valence-electron chi connectivity index (χ3n) is 3.30. The number of aliphatic carboxylic acids is 1. The van der Waals surface area contributed by atoms with Crippen LogP contribution in [0, 0.1) is 13.8 Å². The number of benzene rings is 1. The highest BCUT2D eigenvalue weighted by Gasteiger charge is 2.30. The normalized spacial score (nSPS) is 23.0. The molecule has 2 N–H and O–H groups in total. The van der Waals surface area contributed by atoms with Crippen LogP contribution < -0.4 is 5.32 Å². The standard InChI is InChI=1S/C14H19NO3/c1-9-3-4-10(2)12(7-9)15-8-11-5-6-13(18-11)14(16)17/h3-4,7,11,13,15H,5-6,8H2,1-2H3,(H,16,17). The molecule has 18 heavy (non-hydrogen) atoms. The van der Waals surface area contributed by atoms with Crippen molar-refractivity contribution in [1.29, 1.82) is 0 Å². The van der Waals surface area contributed by atoms with Crippen molar-refractivity contribution in [3.63, 3.8) is 0 Å². The van der Waals surface area contributed by atoms with Gasteiger partial charge in [-0.1, -0.05) is 12.1 Å². The number of carbonyl (C=O) groups is 1. The van der Waals surface area contributed by atoms with Gasteiger partial charge >= 0.3 is 5.97 Å². The Balaban J connectivity index is 1.89. The fourth-order valence-electron chi connectivity index (χ4n) is 2.19. The average molecular weight is 249 g/mol. The first kappa shape index (κ1) is 12.9. The number of ether oxygens (including phenoxy) is 1. The molecule has 0 spiro atoms. The molecule has 0 radical (unpaired) electrons. The molecule has 1 saturated heterocycles. The predicted molar refractivity (Wildman–Crippen MR) is 69.9 cm³/mol. The molecule has 2 rings (SSSR count). The molecule has 98 valence electrons. The SMILES string of the molecule is Cc1ccc(C)c(NCC2CCC(C(=O)O)O2)c1. The van der Waals surface area contributed by atoms with Gasteiger partial charge in [0.2, 0.25) is 0 Å². The lowest BCUT2D eigenvalue weighted by Gasteiger charge is -2.15. The van der Waals surface area contributed by atoms with Crippen molar-refractivity contribution in [3.8, 4) is 0 Å². The number of aryl methyl sites for hydroxylation is 2. The Morgan fingerprint density at radius 2 is 2.22 bits per heavy atom. The summed E-state index contributed by atoms with van der Waals surface area (Å²) in [6.45, 7) is 4.77. The quantitative estimate of drug-likeness (QED) is 0.860. The van der Waals surface area contributed by atoms with Crippen molar-refractivity contribution in [1.82, 2.24) is 0 Å². The molecule has 1 heterocycles. The molecule has 0 saturated carbocycles. The molecule has 1 aromatic carbocycles. The Kier molecular flexibility index (Phi) is 3.87. The molecule has 4 heteroatoms. The highest BCUT2D eigenvalue weighted by atomic mass is 16.5. The maximum absolute atomic E-state index is 10.8. The van der Waals surface area contributed by atoms with Crippen LogP contribution in [0.3, 0.4) is 0 Å². The molecule has 2 atom stereocenters. The molecular weight excluding hydrogens is 230 g/mol. The van der Waals surface area contributed by atoms with Crippen LogP contribution in [0.2, 0.25) is 0 Å². The van der Waals surface area contributed by atoms with Gasteiger partial charge in [0, 0.05) is 12.2 Å². The number of carboxylic acid groups (broad SMARTS) is 1. The second-order valence-corrected chi connectivity index (χ2v) is 4.86. The van der Waals surface area contributed by atoms with Crippen molar-refractivity contribution in [3.05, 3.63) is 29.3 Å². The van der Waals surface area contributed by atoms with E-state index in [1.807, 2.05) is 0 Å². The zero-order valence-corrected chi connectivity index (χ0v) is 10.8. The number of hydrogen-bond acceptors (Lipinski definition) is 3. The van der Waals surface area contributed by atoms with Gasteiger partial charge in [-0.3, -0.25) is 0 Å². The zero-order chi connectivity index (χ0) is 13.1. The summed E-state index contributed by atoms with van der Waals surface area (Å²) in [6, 6.07) is 6.25. The van der Waals surface area contributed by atoms with E-state index >= 15 is 0 Å². The van der Waals surface area contributed by atoms with Gasteiger partial charge in [0.1, 0.15) is 0 Å². The Labute approximate surface area is 107 Å².